The predicted molar refractivity (Wildman–Crippen MR) is 153 cm³/mol. The number of hydrogen-bond acceptors (Lipinski definition) is 6. The second-order valence-corrected chi connectivity index (χ2v) is 12.0. The number of nitrogens with zero attached hydrogens (tertiary/aromatic N) is 3. The summed E-state index contributed by atoms with van der Waals surface area (Å²) in [5, 5.41) is 9.38. The number of amides is 2. The highest BCUT2D eigenvalue weighted by Crippen LogP contribution is 2.38. The number of fused-ring (bicyclic) bond motifs is 1. The molecule has 1 saturated heterocycles. The number of hydrogen-bond donors (Lipinski definition) is 2. The second-order valence-electron chi connectivity index (χ2n) is 11.1. The largest absolute Gasteiger partial charge is 0.491 e. The summed E-state index contributed by atoms with van der Waals surface area (Å²) in [5.41, 5.74) is 1.34. The van der Waals surface area contributed by atoms with E-state index in [4.69, 9.17) is 4.74 Å². The van der Waals surface area contributed by atoms with Crippen molar-refractivity contribution >= 4 is 23.2 Å². The van der Waals surface area contributed by atoms with Crippen molar-refractivity contribution in [3.63, 3.8) is 0 Å². The SMILES string of the molecule is CC(C)[C@H]1COc2ccccc2C(=O)NCCCCC2(CCN(Cc3cccn3-c3nccs3)CC2)C(=O)N1. The normalized spacial score (nSPS) is 21.1. The zero-order valence-corrected chi connectivity index (χ0v) is 23.7. The first-order valence-electron chi connectivity index (χ1n) is 14.0. The van der Waals surface area contributed by atoms with Gasteiger partial charge in [0.1, 0.15) is 12.4 Å². The molecule has 5 rings (SSSR count). The molecule has 9 heteroatoms. The number of aromatic nitrogens is 2. The minimum atomic E-state index is -0.410. The predicted octanol–water partition coefficient (Wildman–Crippen LogP) is 4.65. The first-order valence-corrected chi connectivity index (χ1v) is 14.9. The Morgan fingerprint density at radius 3 is 2.69 bits per heavy atom. The van der Waals surface area contributed by atoms with Gasteiger partial charge in [0.15, 0.2) is 5.13 Å². The zero-order chi connectivity index (χ0) is 27.2. The van der Waals surface area contributed by atoms with Crippen LogP contribution < -0.4 is 15.4 Å². The van der Waals surface area contributed by atoms with Crippen molar-refractivity contribution in [2.75, 3.05) is 26.2 Å². The minimum Gasteiger partial charge on any atom is -0.491 e. The fourth-order valence-corrected chi connectivity index (χ4v) is 6.25. The number of thiazole rings is 1. The molecule has 0 bridgehead atoms. The number of benzene rings is 1. The number of ether oxygens (including phenoxy) is 1. The van der Waals surface area contributed by atoms with Gasteiger partial charge in [-0.3, -0.25) is 19.1 Å². The molecule has 2 aromatic heterocycles. The van der Waals surface area contributed by atoms with Crippen LogP contribution in [0.1, 0.15) is 62.0 Å². The molecule has 3 aromatic rings. The summed E-state index contributed by atoms with van der Waals surface area (Å²) in [6, 6.07) is 11.4. The monoisotopic (exact) mass is 549 g/mol. The Labute approximate surface area is 234 Å². The molecule has 1 spiro atoms. The molecule has 1 fully saturated rings. The molecule has 39 heavy (non-hydrogen) atoms. The maximum atomic E-state index is 13.9. The molecular formula is C30H39N5O3S. The zero-order valence-electron chi connectivity index (χ0n) is 22.9. The summed E-state index contributed by atoms with van der Waals surface area (Å²) in [6.07, 6.45) is 8.08. The Balaban J connectivity index is 1.29. The maximum absolute atomic E-state index is 13.9. The van der Waals surface area contributed by atoms with Gasteiger partial charge in [-0.05, 0) is 69.0 Å². The average Bonchev–Trinajstić information content (AvgIpc) is 3.63. The Morgan fingerprint density at radius 2 is 1.92 bits per heavy atom. The van der Waals surface area contributed by atoms with Crippen LogP contribution in [0.15, 0.2) is 54.2 Å². The smallest absolute Gasteiger partial charge is 0.255 e. The van der Waals surface area contributed by atoms with E-state index in [0.717, 1.165) is 56.9 Å². The number of likely N-dealkylation sites (tertiary alicyclic amines) is 1. The molecule has 4 heterocycles. The lowest BCUT2D eigenvalue weighted by molar-refractivity contribution is -0.136. The van der Waals surface area contributed by atoms with Gasteiger partial charge in [0.2, 0.25) is 5.91 Å². The van der Waals surface area contributed by atoms with Gasteiger partial charge in [0, 0.05) is 36.6 Å². The molecule has 0 unspecified atom stereocenters. The lowest BCUT2D eigenvalue weighted by Gasteiger charge is -2.42. The summed E-state index contributed by atoms with van der Waals surface area (Å²) in [4.78, 5) is 33.7. The lowest BCUT2D eigenvalue weighted by Crippen LogP contribution is -2.53. The minimum absolute atomic E-state index is 0.113. The molecule has 0 aliphatic carbocycles. The van der Waals surface area contributed by atoms with Crippen LogP contribution in [-0.4, -0.2) is 58.5 Å². The third kappa shape index (κ3) is 6.36. The lowest BCUT2D eigenvalue weighted by atomic mass is 9.73. The highest BCUT2D eigenvalue weighted by Gasteiger charge is 2.42. The van der Waals surface area contributed by atoms with E-state index >= 15 is 0 Å². The molecule has 2 N–H and O–H groups in total. The van der Waals surface area contributed by atoms with Gasteiger partial charge in [0.05, 0.1) is 17.0 Å². The fraction of sp³-hybridized carbons (Fsp3) is 0.500. The van der Waals surface area contributed by atoms with Crippen LogP contribution in [0.25, 0.3) is 5.13 Å². The van der Waals surface area contributed by atoms with Crippen LogP contribution in [0, 0.1) is 11.3 Å². The topological polar surface area (TPSA) is 88.5 Å². The molecule has 0 radical (unpaired) electrons. The number of para-hydroxylation sites is 1. The van der Waals surface area contributed by atoms with Gasteiger partial charge in [-0.25, -0.2) is 4.98 Å². The van der Waals surface area contributed by atoms with Crippen LogP contribution in [0.3, 0.4) is 0 Å². The van der Waals surface area contributed by atoms with Crippen molar-refractivity contribution in [3.05, 3.63) is 65.4 Å². The molecule has 2 aliphatic rings. The summed E-state index contributed by atoms with van der Waals surface area (Å²) < 4.78 is 8.28. The molecule has 1 atom stereocenters. The number of nitrogens with one attached hydrogen (secondary N) is 2. The standard InChI is InChI=1S/C30H39N5O3S/c1-22(2)25-21-38-26-10-4-3-9-24(26)27(36)31-14-6-5-11-30(28(37)33-25)12-17-34(18-13-30)20-23-8-7-16-35(23)29-32-15-19-39-29/h3-4,7-10,15-16,19,22,25H,5-6,11-14,17-18,20-21H2,1-2H3,(H,31,36)(H,33,37)/t25-/m1/s1. The third-order valence-corrected chi connectivity index (χ3v) is 8.95. The van der Waals surface area contributed by atoms with Gasteiger partial charge < -0.3 is 15.4 Å². The van der Waals surface area contributed by atoms with E-state index in [9.17, 15) is 9.59 Å². The average molecular weight is 550 g/mol. The Bertz CT molecular complexity index is 1250. The summed E-state index contributed by atoms with van der Waals surface area (Å²) in [6.45, 7) is 7.67. The van der Waals surface area contributed by atoms with Gasteiger partial charge in [-0.1, -0.05) is 32.4 Å². The molecule has 208 valence electrons. The summed E-state index contributed by atoms with van der Waals surface area (Å²) in [5.74, 6) is 0.777. The van der Waals surface area contributed by atoms with E-state index in [0.29, 0.717) is 24.5 Å². The number of piperidine rings is 1. The number of carbonyl (C=O) groups is 2. The molecule has 1 aromatic carbocycles. The van der Waals surface area contributed by atoms with Crippen molar-refractivity contribution in [1.82, 2.24) is 25.1 Å². The van der Waals surface area contributed by atoms with Crippen LogP contribution in [0.5, 0.6) is 5.75 Å². The van der Waals surface area contributed by atoms with Gasteiger partial charge >= 0.3 is 0 Å². The van der Waals surface area contributed by atoms with Gasteiger partial charge in [0.25, 0.3) is 5.91 Å². The molecule has 2 amide bonds. The van der Waals surface area contributed by atoms with Crippen LogP contribution in [0.2, 0.25) is 0 Å². The highest BCUT2D eigenvalue weighted by atomic mass is 32.1. The Hall–Kier alpha value is -3.17. The van der Waals surface area contributed by atoms with Crippen molar-refractivity contribution in [2.45, 2.75) is 58.5 Å². The first kappa shape index (κ1) is 27.4. The van der Waals surface area contributed by atoms with Gasteiger partial charge in [-0.2, -0.15) is 0 Å². The van der Waals surface area contributed by atoms with Crippen molar-refractivity contribution in [2.24, 2.45) is 11.3 Å². The van der Waals surface area contributed by atoms with E-state index in [-0.39, 0.29) is 23.8 Å². The maximum Gasteiger partial charge on any atom is 0.255 e. The fourth-order valence-electron chi connectivity index (χ4n) is 5.59. The summed E-state index contributed by atoms with van der Waals surface area (Å²) in [7, 11) is 0. The Morgan fingerprint density at radius 1 is 1.10 bits per heavy atom. The molecule has 8 nitrogen and oxygen atoms in total. The van der Waals surface area contributed by atoms with Crippen molar-refractivity contribution in [3.8, 4) is 10.9 Å². The number of rotatable bonds is 4. The van der Waals surface area contributed by atoms with E-state index in [2.05, 4.69) is 57.3 Å². The van der Waals surface area contributed by atoms with Crippen LogP contribution in [-0.2, 0) is 11.3 Å². The van der Waals surface area contributed by atoms with Crippen molar-refractivity contribution in [1.29, 1.82) is 0 Å². The summed E-state index contributed by atoms with van der Waals surface area (Å²) >= 11 is 1.63. The van der Waals surface area contributed by atoms with E-state index in [1.807, 2.05) is 29.8 Å². The van der Waals surface area contributed by atoms with Crippen molar-refractivity contribution < 1.29 is 14.3 Å². The van der Waals surface area contributed by atoms with E-state index in [1.54, 1.807) is 17.4 Å². The van der Waals surface area contributed by atoms with E-state index < -0.39 is 5.41 Å². The van der Waals surface area contributed by atoms with Crippen LogP contribution >= 0.6 is 11.3 Å². The molecular weight excluding hydrogens is 510 g/mol. The molecule has 0 saturated carbocycles. The first-order chi connectivity index (χ1) is 18.9. The van der Waals surface area contributed by atoms with Gasteiger partial charge in [-0.15, -0.1) is 11.3 Å². The quantitative estimate of drug-likeness (QED) is 0.495. The third-order valence-electron chi connectivity index (χ3n) is 8.18. The van der Waals surface area contributed by atoms with Crippen LogP contribution in [0.4, 0.5) is 0 Å². The molecule has 2 aliphatic heterocycles. The Kier molecular flexibility index (Phi) is 8.67. The van der Waals surface area contributed by atoms with E-state index in [1.165, 1.54) is 5.69 Å². The second kappa shape index (κ2) is 12.3. The number of carbonyl (C=O) groups excluding carboxylic acids is 2. The highest BCUT2D eigenvalue weighted by molar-refractivity contribution is 7.12.